The largest absolute Gasteiger partial charge is 0.507 e. The van der Waals surface area contributed by atoms with Crippen molar-refractivity contribution in [2.45, 2.75) is 6.18 Å². The van der Waals surface area contributed by atoms with Crippen LogP contribution in [0, 0.1) is 11.8 Å². The van der Waals surface area contributed by atoms with E-state index in [1.807, 2.05) is 0 Å². The Balaban J connectivity index is 2.26. The summed E-state index contributed by atoms with van der Waals surface area (Å²) < 4.78 is 43.6. The lowest BCUT2D eigenvalue weighted by Crippen LogP contribution is -2.34. The Morgan fingerprint density at radius 3 is 2.39 bits per heavy atom. The van der Waals surface area contributed by atoms with Crippen LogP contribution in [0.15, 0.2) is 18.2 Å². The monoisotopic (exact) mass is 333 g/mol. The molecule has 2 N–H and O–H groups in total. The molecule has 6 nitrogen and oxygen atoms in total. The Morgan fingerprint density at radius 2 is 1.96 bits per heavy atom. The van der Waals surface area contributed by atoms with Crippen molar-refractivity contribution in [1.29, 1.82) is 0 Å². The van der Waals surface area contributed by atoms with Gasteiger partial charge in [0, 0.05) is 19.2 Å². The number of carbonyl (C=O) groups excluding carboxylic acids is 1. The summed E-state index contributed by atoms with van der Waals surface area (Å²) in [6.45, 7) is -1.32. The average molecular weight is 333 g/mol. The summed E-state index contributed by atoms with van der Waals surface area (Å²) in [5.41, 5.74) is -0.210. The number of alkyl halides is 3. The van der Waals surface area contributed by atoms with Crippen LogP contribution in [0.25, 0.3) is 0 Å². The van der Waals surface area contributed by atoms with Gasteiger partial charge in [-0.05, 0) is 12.1 Å². The van der Waals surface area contributed by atoms with Crippen molar-refractivity contribution in [2.75, 3.05) is 20.2 Å². The van der Waals surface area contributed by atoms with Gasteiger partial charge in [-0.1, -0.05) is 0 Å². The van der Waals surface area contributed by atoms with Gasteiger partial charge in [-0.15, -0.1) is 0 Å². The highest BCUT2D eigenvalue weighted by Crippen LogP contribution is 2.38. The molecule has 0 aliphatic carbocycles. The summed E-state index contributed by atoms with van der Waals surface area (Å²) >= 11 is 0. The first kappa shape index (κ1) is 16.9. The van der Waals surface area contributed by atoms with E-state index in [-0.39, 0.29) is 11.3 Å². The molecular formula is C14H14F3NO5. The molecule has 1 aromatic carbocycles. The van der Waals surface area contributed by atoms with Crippen LogP contribution < -0.4 is 4.74 Å². The molecule has 1 saturated heterocycles. The molecule has 2 atom stereocenters. The Kier molecular flexibility index (Phi) is 4.39. The molecule has 1 aliphatic rings. The number of hydrogen-bond donors (Lipinski definition) is 2. The number of benzene rings is 1. The van der Waals surface area contributed by atoms with Gasteiger partial charge in [0.2, 0.25) is 0 Å². The Morgan fingerprint density at radius 1 is 1.30 bits per heavy atom. The van der Waals surface area contributed by atoms with Crippen molar-refractivity contribution in [2.24, 2.45) is 11.8 Å². The lowest BCUT2D eigenvalue weighted by atomic mass is 9.96. The summed E-state index contributed by atoms with van der Waals surface area (Å²) in [6, 6.07) is 3.74. The van der Waals surface area contributed by atoms with Crippen molar-refractivity contribution in [1.82, 2.24) is 4.90 Å². The number of carboxylic acids is 1. The molecule has 126 valence electrons. The van der Waals surface area contributed by atoms with Gasteiger partial charge in [0.25, 0.3) is 5.91 Å². The number of phenols is 1. The van der Waals surface area contributed by atoms with Crippen molar-refractivity contribution in [3.8, 4) is 11.5 Å². The van der Waals surface area contributed by atoms with Gasteiger partial charge in [-0.3, -0.25) is 9.59 Å². The van der Waals surface area contributed by atoms with Crippen LogP contribution in [0.2, 0.25) is 0 Å². The minimum absolute atomic E-state index is 0.210. The number of methoxy groups -OCH3 is 1. The summed E-state index contributed by atoms with van der Waals surface area (Å²) in [6.07, 6.45) is -4.72. The molecule has 1 aromatic rings. The van der Waals surface area contributed by atoms with Crippen LogP contribution >= 0.6 is 0 Å². The third kappa shape index (κ3) is 3.33. The van der Waals surface area contributed by atoms with Crippen LogP contribution in [0.5, 0.6) is 11.5 Å². The van der Waals surface area contributed by atoms with Gasteiger partial charge in [-0.25, -0.2) is 0 Å². The number of carboxylic acid groups (broad SMARTS) is 1. The van der Waals surface area contributed by atoms with Crippen LogP contribution in [0.3, 0.4) is 0 Å². The predicted octanol–water partition coefficient (Wildman–Crippen LogP) is 1.74. The number of aliphatic carboxylic acids is 1. The van der Waals surface area contributed by atoms with Crippen LogP contribution in [-0.4, -0.2) is 53.4 Å². The zero-order valence-electron chi connectivity index (χ0n) is 12.0. The molecule has 0 radical (unpaired) electrons. The Labute approximate surface area is 129 Å². The van der Waals surface area contributed by atoms with Crippen LogP contribution in [0.4, 0.5) is 13.2 Å². The van der Waals surface area contributed by atoms with Crippen molar-refractivity contribution >= 4 is 11.9 Å². The third-order valence-corrected chi connectivity index (χ3v) is 3.78. The van der Waals surface area contributed by atoms with E-state index in [1.165, 1.54) is 19.2 Å². The fourth-order valence-corrected chi connectivity index (χ4v) is 2.54. The van der Waals surface area contributed by atoms with Crippen molar-refractivity contribution in [3.63, 3.8) is 0 Å². The second-order valence-corrected chi connectivity index (χ2v) is 5.19. The maximum Gasteiger partial charge on any atom is 0.394 e. The first-order valence-electron chi connectivity index (χ1n) is 6.61. The van der Waals surface area contributed by atoms with E-state index < -0.39 is 48.7 Å². The van der Waals surface area contributed by atoms with E-state index in [9.17, 15) is 27.9 Å². The molecule has 2 rings (SSSR count). The standard InChI is InChI=1S/C14H14F3NO5/c1-23-7-2-3-8(11(19)4-7)12(20)18-5-9(13(21)22)10(6-18)14(15,16)17/h2-4,9-10,19H,5-6H2,1H3,(H,21,22)/t9-,10-/m1/s1. The fraction of sp³-hybridized carbons (Fsp3) is 0.429. The van der Waals surface area contributed by atoms with Gasteiger partial charge in [-0.2, -0.15) is 13.2 Å². The first-order chi connectivity index (χ1) is 10.6. The molecule has 0 unspecified atom stereocenters. The van der Waals surface area contributed by atoms with E-state index in [2.05, 4.69) is 0 Å². The Hall–Kier alpha value is -2.45. The second kappa shape index (κ2) is 5.98. The zero-order valence-corrected chi connectivity index (χ0v) is 12.0. The molecule has 9 heteroatoms. The minimum atomic E-state index is -4.72. The smallest absolute Gasteiger partial charge is 0.394 e. The molecule has 1 fully saturated rings. The number of hydrogen-bond acceptors (Lipinski definition) is 4. The second-order valence-electron chi connectivity index (χ2n) is 5.19. The SMILES string of the molecule is COc1ccc(C(=O)N2C[C@@H](C(F)(F)F)[C@H](C(=O)O)C2)c(O)c1. The molecule has 1 heterocycles. The number of nitrogens with zero attached hydrogens (tertiary/aromatic N) is 1. The maximum atomic E-state index is 12.9. The number of likely N-dealkylation sites (tertiary alicyclic amines) is 1. The number of aromatic hydroxyl groups is 1. The molecule has 0 spiro atoms. The fourth-order valence-electron chi connectivity index (χ4n) is 2.54. The topological polar surface area (TPSA) is 87.1 Å². The van der Waals surface area contributed by atoms with E-state index in [0.29, 0.717) is 0 Å². The lowest BCUT2D eigenvalue weighted by Gasteiger charge is -2.18. The molecule has 1 aliphatic heterocycles. The predicted molar refractivity (Wildman–Crippen MR) is 71.2 cm³/mol. The van der Waals surface area contributed by atoms with Gasteiger partial charge < -0.3 is 19.8 Å². The summed E-state index contributed by atoms with van der Waals surface area (Å²) in [4.78, 5) is 24.1. The highest BCUT2D eigenvalue weighted by molar-refractivity contribution is 5.97. The molecule has 0 bridgehead atoms. The van der Waals surface area contributed by atoms with E-state index in [1.54, 1.807) is 0 Å². The highest BCUT2D eigenvalue weighted by Gasteiger charge is 2.53. The van der Waals surface area contributed by atoms with Crippen molar-refractivity contribution < 1.29 is 37.7 Å². The molecule has 1 amide bonds. The number of carbonyl (C=O) groups is 2. The maximum absolute atomic E-state index is 12.9. The van der Waals surface area contributed by atoms with Crippen LogP contribution in [-0.2, 0) is 4.79 Å². The summed E-state index contributed by atoms with van der Waals surface area (Å²) in [5.74, 6) is -6.50. The number of ether oxygens (including phenoxy) is 1. The number of rotatable bonds is 3. The normalized spacial score (nSPS) is 21.3. The van der Waals surface area contributed by atoms with Gasteiger partial charge >= 0.3 is 12.1 Å². The molecule has 0 saturated carbocycles. The van der Waals surface area contributed by atoms with Gasteiger partial charge in [0.05, 0.1) is 24.5 Å². The molecule has 23 heavy (non-hydrogen) atoms. The first-order valence-corrected chi connectivity index (χ1v) is 6.61. The van der Waals surface area contributed by atoms with Crippen LogP contribution in [0.1, 0.15) is 10.4 Å². The van der Waals surface area contributed by atoms with Gasteiger partial charge in [0.15, 0.2) is 0 Å². The number of halogens is 3. The van der Waals surface area contributed by atoms with E-state index in [0.717, 1.165) is 11.0 Å². The highest BCUT2D eigenvalue weighted by atomic mass is 19.4. The lowest BCUT2D eigenvalue weighted by molar-refractivity contribution is -0.187. The van der Waals surface area contributed by atoms with E-state index in [4.69, 9.17) is 9.84 Å². The minimum Gasteiger partial charge on any atom is -0.507 e. The summed E-state index contributed by atoms with van der Waals surface area (Å²) in [5, 5.41) is 18.7. The third-order valence-electron chi connectivity index (χ3n) is 3.78. The number of phenolic OH excluding ortho intramolecular Hbond substituents is 1. The van der Waals surface area contributed by atoms with Crippen molar-refractivity contribution in [3.05, 3.63) is 23.8 Å². The van der Waals surface area contributed by atoms with E-state index >= 15 is 0 Å². The van der Waals surface area contributed by atoms with Gasteiger partial charge in [0.1, 0.15) is 11.5 Å². The molecule has 0 aromatic heterocycles. The quantitative estimate of drug-likeness (QED) is 0.880. The Bertz CT molecular complexity index is 631. The zero-order chi connectivity index (χ0) is 17.4. The average Bonchev–Trinajstić information content (AvgIpc) is 2.92. The molecular weight excluding hydrogens is 319 g/mol. The summed E-state index contributed by atoms with van der Waals surface area (Å²) in [7, 11) is 1.35. The number of amides is 1.